The van der Waals surface area contributed by atoms with Crippen LogP contribution in [-0.2, 0) is 6.42 Å². The summed E-state index contributed by atoms with van der Waals surface area (Å²) in [4.78, 5) is 8.22. The first-order valence-electron chi connectivity index (χ1n) is 3.10. The van der Waals surface area contributed by atoms with Crippen LogP contribution in [-0.4, -0.2) is 9.97 Å². The molecule has 1 aromatic heterocycles. The molecule has 0 aliphatic rings. The molecule has 0 unspecified atom stereocenters. The highest BCUT2D eigenvalue weighted by atomic mass is 14.8. The Hall–Kier alpha value is -0.920. The summed E-state index contributed by atoms with van der Waals surface area (Å²) in [6.45, 7) is 4.02. The first-order valence-corrected chi connectivity index (χ1v) is 3.10. The van der Waals surface area contributed by atoms with Gasteiger partial charge in [0.15, 0.2) is 0 Å². The van der Waals surface area contributed by atoms with Gasteiger partial charge in [0.2, 0.25) is 0 Å². The maximum Gasteiger partial charge on any atom is 0.0587 e. The molecule has 2 nitrogen and oxygen atoms in total. The van der Waals surface area contributed by atoms with Crippen LogP contribution < -0.4 is 0 Å². The summed E-state index contributed by atoms with van der Waals surface area (Å²) < 4.78 is 0. The Morgan fingerprint density at radius 3 is 2.67 bits per heavy atom. The molecule has 1 aromatic rings. The van der Waals surface area contributed by atoms with Gasteiger partial charge in [0.05, 0.1) is 11.4 Å². The smallest absolute Gasteiger partial charge is 0.0587 e. The topological polar surface area (TPSA) is 25.8 Å². The summed E-state index contributed by atoms with van der Waals surface area (Å²) in [6, 6.07) is 0. The van der Waals surface area contributed by atoms with Crippen LogP contribution in [0.4, 0.5) is 0 Å². The van der Waals surface area contributed by atoms with E-state index >= 15 is 0 Å². The van der Waals surface area contributed by atoms with Crippen molar-refractivity contribution in [2.24, 2.45) is 0 Å². The molecular weight excluding hydrogens is 112 g/mol. The van der Waals surface area contributed by atoms with E-state index in [4.69, 9.17) is 0 Å². The van der Waals surface area contributed by atoms with Gasteiger partial charge in [-0.3, -0.25) is 9.97 Å². The van der Waals surface area contributed by atoms with Crippen molar-refractivity contribution in [2.75, 3.05) is 0 Å². The number of hydrogen-bond donors (Lipinski definition) is 0. The fourth-order valence-electron chi connectivity index (χ4n) is 0.686. The summed E-state index contributed by atoms with van der Waals surface area (Å²) >= 11 is 0. The lowest BCUT2D eigenvalue weighted by molar-refractivity contribution is 0.968. The summed E-state index contributed by atoms with van der Waals surface area (Å²) in [6.07, 6.45) is 4.53. The van der Waals surface area contributed by atoms with Gasteiger partial charge in [0, 0.05) is 12.4 Å². The lowest BCUT2D eigenvalue weighted by atomic mass is 10.3. The van der Waals surface area contributed by atoms with E-state index in [0.29, 0.717) is 0 Å². The predicted octanol–water partition coefficient (Wildman–Crippen LogP) is 1.35. The van der Waals surface area contributed by atoms with Crippen LogP contribution in [0.5, 0.6) is 0 Å². The zero-order chi connectivity index (χ0) is 6.69. The fraction of sp³-hybridized carbons (Fsp3) is 0.429. The van der Waals surface area contributed by atoms with Crippen LogP contribution in [0, 0.1) is 6.92 Å². The molecule has 0 spiro atoms. The van der Waals surface area contributed by atoms with E-state index in [1.165, 1.54) is 0 Å². The third-order valence-corrected chi connectivity index (χ3v) is 1.17. The quantitative estimate of drug-likeness (QED) is 0.562. The van der Waals surface area contributed by atoms with Gasteiger partial charge >= 0.3 is 0 Å². The maximum atomic E-state index is 4.23. The van der Waals surface area contributed by atoms with Crippen LogP contribution in [0.2, 0.25) is 0 Å². The zero-order valence-corrected chi connectivity index (χ0v) is 5.76. The van der Waals surface area contributed by atoms with Crippen molar-refractivity contribution in [1.82, 2.24) is 9.97 Å². The molecule has 0 radical (unpaired) electrons. The number of hydrogen-bond acceptors (Lipinski definition) is 2. The highest BCUT2D eigenvalue weighted by Crippen LogP contribution is 1.93. The van der Waals surface area contributed by atoms with E-state index in [-0.39, 0.29) is 0 Å². The second-order valence-corrected chi connectivity index (χ2v) is 2.01. The summed E-state index contributed by atoms with van der Waals surface area (Å²) in [5.41, 5.74) is 2.06. The molecule has 48 valence electrons. The first-order chi connectivity index (χ1) is 4.33. The zero-order valence-electron chi connectivity index (χ0n) is 5.76. The van der Waals surface area contributed by atoms with E-state index in [1.807, 2.05) is 6.92 Å². The van der Waals surface area contributed by atoms with Crippen molar-refractivity contribution in [3.05, 3.63) is 23.8 Å². The molecule has 0 fully saturated rings. The van der Waals surface area contributed by atoms with Crippen LogP contribution >= 0.6 is 0 Å². The highest BCUT2D eigenvalue weighted by Gasteiger charge is 1.88. The lowest BCUT2D eigenvalue weighted by Crippen LogP contribution is -1.90. The largest absolute Gasteiger partial charge is 0.261 e. The van der Waals surface area contributed by atoms with Crippen molar-refractivity contribution in [1.29, 1.82) is 0 Å². The summed E-state index contributed by atoms with van der Waals surface area (Å²) in [5.74, 6) is 0. The first kappa shape index (κ1) is 6.20. The Balaban J connectivity index is 2.94. The van der Waals surface area contributed by atoms with E-state index < -0.39 is 0 Å². The third-order valence-electron chi connectivity index (χ3n) is 1.17. The SMILES string of the molecule is CCc1cncc(C)n1. The van der Waals surface area contributed by atoms with E-state index in [1.54, 1.807) is 12.4 Å². The van der Waals surface area contributed by atoms with Crippen LogP contribution in [0.1, 0.15) is 18.3 Å². The van der Waals surface area contributed by atoms with Crippen molar-refractivity contribution in [2.45, 2.75) is 20.3 Å². The van der Waals surface area contributed by atoms with Gasteiger partial charge in [0.25, 0.3) is 0 Å². The van der Waals surface area contributed by atoms with Crippen LogP contribution in [0.3, 0.4) is 0 Å². The van der Waals surface area contributed by atoms with Gasteiger partial charge in [-0.1, -0.05) is 6.92 Å². The molecule has 1 heterocycles. The minimum absolute atomic E-state index is 0.967. The van der Waals surface area contributed by atoms with Gasteiger partial charge in [-0.25, -0.2) is 0 Å². The highest BCUT2D eigenvalue weighted by molar-refractivity contribution is 5.00. The summed E-state index contributed by atoms with van der Waals surface area (Å²) in [5, 5.41) is 0. The molecule has 0 bridgehead atoms. The monoisotopic (exact) mass is 122 g/mol. The Morgan fingerprint density at radius 1 is 1.44 bits per heavy atom. The maximum absolute atomic E-state index is 4.23. The molecule has 0 saturated carbocycles. The number of nitrogens with zero attached hydrogens (tertiary/aromatic N) is 2. The van der Waals surface area contributed by atoms with E-state index in [0.717, 1.165) is 17.8 Å². The van der Waals surface area contributed by atoms with Gasteiger partial charge in [-0.15, -0.1) is 0 Å². The second kappa shape index (κ2) is 2.58. The Kier molecular flexibility index (Phi) is 1.78. The standard InChI is InChI=1S/C7H10N2/c1-3-7-5-8-4-6(2)9-7/h4-5H,3H2,1-2H3. The van der Waals surface area contributed by atoms with E-state index in [9.17, 15) is 0 Å². The number of aromatic nitrogens is 2. The summed E-state index contributed by atoms with van der Waals surface area (Å²) in [7, 11) is 0. The van der Waals surface area contributed by atoms with Crippen molar-refractivity contribution < 1.29 is 0 Å². The number of aryl methyl sites for hydroxylation is 2. The molecule has 1 rings (SSSR count). The van der Waals surface area contributed by atoms with E-state index in [2.05, 4.69) is 16.9 Å². The van der Waals surface area contributed by atoms with Crippen LogP contribution in [0.15, 0.2) is 12.4 Å². The van der Waals surface area contributed by atoms with Crippen molar-refractivity contribution in [3.8, 4) is 0 Å². The van der Waals surface area contributed by atoms with Gasteiger partial charge in [0.1, 0.15) is 0 Å². The molecule has 0 atom stereocenters. The molecule has 0 aliphatic heterocycles. The molecule has 0 aromatic carbocycles. The van der Waals surface area contributed by atoms with Gasteiger partial charge < -0.3 is 0 Å². The van der Waals surface area contributed by atoms with Gasteiger partial charge in [-0.05, 0) is 13.3 Å². The molecule has 0 aliphatic carbocycles. The molecule has 0 N–H and O–H groups in total. The molecular formula is C7H10N2. The Morgan fingerprint density at radius 2 is 2.22 bits per heavy atom. The number of rotatable bonds is 1. The predicted molar refractivity (Wildman–Crippen MR) is 36.1 cm³/mol. The van der Waals surface area contributed by atoms with Crippen molar-refractivity contribution >= 4 is 0 Å². The minimum atomic E-state index is 0.967. The fourth-order valence-corrected chi connectivity index (χ4v) is 0.686. The van der Waals surface area contributed by atoms with Crippen LogP contribution in [0.25, 0.3) is 0 Å². The Labute approximate surface area is 55.0 Å². The lowest BCUT2D eigenvalue weighted by Gasteiger charge is -1.93. The Bertz CT molecular complexity index is 196. The minimum Gasteiger partial charge on any atom is -0.261 e. The molecule has 2 heteroatoms. The van der Waals surface area contributed by atoms with Gasteiger partial charge in [-0.2, -0.15) is 0 Å². The second-order valence-electron chi connectivity index (χ2n) is 2.01. The molecule has 0 saturated heterocycles. The molecule has 0 amide bonds. The third kappa shape index (κ3) is 1.49. The molecule has 9 heavy (non-hydrogen) atoms. The normalized spacial score (nSPS) is 9.56. The van der Waals surface area contributed by atoms with Crippen molar-refractivity contribution in [3.63, 3.8) is 0 Å². The average Bonchev–Trinajstić information content (AvgIpc) is 1.88. The average molecular weight is 122 g/mol.